The first kappa shape index (κ1) is 7.61. The molecule has 4 heteroatoms. The maximum Gasteiger partial charge on any atom is 0.172 e. The van der Waals surface area contributed by atoms with Crippen LogP contribution in [0.4, 0.5) is 5.82 Å². The van der Waals surface area contributed by atoms with E-state index in [0.717, 1.165) is 37.9 Å². The van der Waals surface area contributed by atoms with Gasteiger partial charge < -0.3 is 14.2 Å². The monoisotopic (exact) mass is 168 g/mol. The van der Waals surface area contributed by atoms with Crippen LogP contribution in [0.3, 0.4) is 0 Å². The quantitative estimate of drug-likeness (QED) is 0.622. The van der Waals surface area contributed by atoms with Crippen molar-refractivity contribution in [1.29, 1.82) is 0 Å². The molecule has 0 unspecified atom stereocenters. The summed E-state index contributed by atoms with van der Waals surface area (Å²) in [4.78, 5) is 2.17. The molecule has 0 bridgehead atoms. The van der Waals surface area contributed by atoms with Gasteiger partial charge >= 0.3 is 0 Å². The van der Waals surface area contributed by atoms with E-state index in [1.807, 2.05) is 13.0 Å². The van der Waals surface area contributed by atoms with E-state index in [-0.39, 0.29) is 0 Å². The maximum atomic E-state index is 5.23. The first-order chi connectivity index (χ1) is 5.86. The van der Waals surface area contributed by atoms with Crippen LogP contribution in [-0.4, -0.2) is 31.5 Å². The molecule has 0 saturated carbocycles. The van der Waals surface area contributed by atoms with Gasteiger partial charge in [0.1, 0.15) is 5.76 Å². The number of aromatic nitrogens is 1. The van der Waals surface area contributed by atoms with Crippen molar-refractivity contribution in [3.63, 3.8) is 0 Å². The molecule has 1 saturated heterocycles. The second-order valence-electron chi connectivity index (χ2n) is 2.90. The third-order valence-corrected chi connectivity index (χ3v) is 1.95. The number of hydrogen-bond donors (Lipinski definition) is 0. The van der Waals surface area contributed by atoms with E-state index in [0.29, 0.717) is 0 Å². The largest absolute Gasteiger partial charge is 0.378 e. The summed E-state index contributed by atoms with van der Waals surface area (Å²) in [6.07, 6.45) is 0. The van der Waals surface area contributed by atoms with Gasteiger partial charge in [0, 0.05) is 19.2 Å². The van der Waals surface area contributed by atoms with Crippen molar-refractivity contribution in [1.82, 2.24) is 5.16 Å². The van der Waals surface area contributed by atoms with Crippen molar-refractivity contribution in [3.05, 3.63) is 11.8 Å². The molecule has 66 valence electrons. The number of anilines is 1. The topological polar surface area (TPSA) is 38.5 Å². The lowest BCUT2D eigenvalue weighted by atomic mass is 10.4. The van der Waals surface area contributed by atoms with Crippen LogP contribution in [0.25, 0.3) is 0 Å². The Bertz CT molecular complexity index is 253. The van der Waals surface area contributed by atoms with Gasteiger partial charge in [-0.05, 0) is 6.92 Å². The molecule has 2 rings (SSSR count). The molecule has 0 amide bonds. The molecule has 0 radical (unpaired) electrons. The zero-order valence-electron chi connectivity index (χ0n) is 7.12. The zero-order chi connectivity index (χ0) is 8.39. The summed E-state index contributed by atoms with van der Waals surface area (Å²) in [7, 11) is 0. The molecule has 0 N–H and O–H groups in total. The van der Waals surface area contributed by atoms with Crippen molar-refractivity contribution < 1.29 is 9.26 Å². The fraction of sp³-hybridized carbons (Fsp3) is 0.625. The van der Waals surface area contributed by atoms with Crippen LogP contribution >= 0.6 is 0 Å². The third kappa shape index (κ3) is 1.43. The van der Waals surface area contributed by atoms with Crippen molar-refractivity contribution in [2.75, 3.05) is 31.2 Å². The highest BCUT2D eigenvalue weighted by Gasteiger charge is 2.13. The normalized spacial score (nSPS) is 18.2. The van der Waals surface area contributed by atoms with E-state index < -0.39 is 0 Å². The van der Waals surface area contributed by atoms with E-state index in [1.165, 1.54) is 0 Å². The molecule has 1 aliphatic heterocycles. The first-order valence-electron chi connectivity index (χ1n) is 4.12. The summed E-state index contributed by atoms with van der Waals surface area (Å²) in [6, 6.07) is 1.95. The minimum absolute atomic E-state index is 0.784. The summed E-state index contributed by atoms with van der Waals surface area (Å²) >= 11 is 0. The number of morpholine rings is 1. The van der Waals surface area contributed by atoms with Crippen molar-refractivity contribution >= 4 is 5.82 Å². The Morgan fingerprint density at radius 3 is 2.75 bits per heavy atom. The number of hydrogen-bond acceptors (Lipinski definition) is 4. The van der Waals surface area contributed by atoms with Gasteiger partial charge in [-0.15, -0.1) is 0 Å². The molecule has 0 aliphatic carbocycles. The molecule has 0 atom stereocenters. The first-order valence-corrected chi connectivity index (χ1v) is 4.12. The van der Waals surface area contributed by atoms with Gasteiger partial charge in [-0.3, -0.25) is 0 Å². The van der Waals surface area contributed by atoms with Crippen LogP contribution in [0.5, 0.6) is 0 Å². The maximum absolute atomic E-state index is 5.23. The Labute approximate surface area is 71.1 Å². The van der Waals surface area contributed by atoms with E-state index in [4.69, 9.17) is 9.26 Å². The van der Waals surface area contributed by atoms with Gasteiger partial charge in [-0.1, -0.05) is 5.16 Å². The molecular formula is C8H12N2O2. The lowest BCUT2D eigenvalue weighted by Gasteiger charge is -2.25. The van der Waals surface area contributed by atoms with Crippen LogP contribution < -0.4 is 4.90 Å². The average Bonchev–Trinajstić information content (AvgIpc) is 2.54. The second kappa shape index (κ2) is 3.15. The minimum atomic E-state index is 0.784. The number of rotatable bonds is 1. The lowest BCUT2D eigenvalue weighted by molar-refractivity contribution is 0.122. The summed E-state index contributed by atoms with van der Waals surface area (Å²) in [6.45, 7) is 5.28. The third-order valence-electron chi connectivity index (χ3n) is 1.95. The number of nitrogens with zero attached hydrogens (tertiary/aromatic N) is 2. The molecule has 1 aliphatic rings. The van der Waals surface area contributed by atoms with Crippen LogP contribution in [-0.2, 0) is 4.74 Å². The van der Waals surface area contributed by atoms with Gasteiger partial charge in [0.15, 0.2) is 5.82 Å². The SMILES string of the molecule is Cc1cc(N2CCOCC2)no1. The molecule has 0 spiro atoms. The van der Waals surface area contributed by atoms with Crippen molar-refractivity contribution in [3.8, 4) is 0 Å². The predicted molar refractivity (Wildman–Crippen MR) is 44.3 cm³/mol. The number of aryl methyl sites for hydroxylation is 1. The molecule has 1 aromatic rings. The Morgan fingerprint density at radius 1 is 1.42 bits per heavy atom. The average molecular weight is 168 g/mol. The van der Waals surface area contributed by atoms with Crippen LogP contribution in [0, 0.1) is 6.92 Å². The van der Waals surface area contributed by atoms with E-state index >= 15 is 0 Å². The predicted octanol–water partition coefficient (Wildman–Crippen LogP) is 0.820. The van der Waals surface area contributed by atoms with E-state index in [1.54, 1.807) is 0 Å². The van der Waals surface area contributed by atoms with Gasteiger partial charge in [0.25, 0.3) is 0 Å². The summed E-state index contributed by atoms with van der Waals surface area (Å²) in [5.74, 6) is 1.78. The Kier molecular flexibility index (Phi) is 1.99. The van der Waals surface area contributed by atoms with E-state index in [9.17, 15) is 0 Å². The van der Waals surface area contributed by atoms with Crippen molar-refractivity contribution in [2.45, 2.75) is 6.92 Å². The number of ether oxygens (including phenoxy) is 1. The summed E-state index contributed by atoms with van der Waals surface area (Å²) < 4.78 is 10.2. The van der Waals surface area contributed by atoms with Crippen LogP contribution in [0.1, 0.15) is 5.76 Å². The Balaban J connectivity index is 2.08. The van der Waals surface area contributed by atoms with Gasteiger partial charge in [0.2, 0.25) is 0 Å². The molecule has 2 heterocycles. The molecule has 1 aromatic heterocycles. The van der Waals surface area contributed by atoms with E-state index in [2.05, 4.69) is 10.1 Å². The molecular weight excluding hydrogens is 156 g/mol. The highest BCUT2D eigenvalue weighted by atomic mass is 16.5. The van der Waals surface area contributed by atoms with Crippen LogP contribution in [0.15, 0.2) is 10.6 Å². The molecule has 1 fully saturated rings. The molecule has 0 aromatic carbocycles. The molecule has 4 nitrogen and oxygen atoms in total. The molecule has 12 heavy (non-hydrogen) atoms. The van der Waals surface area contributed by atoms with Crippen LogP contribution in [0.2, 0.25) is 0 Å². The fourth-order valence-corrected chi connectivity index (χ4v) is 1.29. The Hall–Kier alpha value is -1.03. The highest BCUT2D eigenvalue weighted by molar-refractivity contribution is 5.37. The summed E-state index contributed by atoms with van der Waals surface area (Å²) in [5.41, 5.74) is 0. The smallest absolute Gasteiger partial charge is 0.172 e. The van der Waals surface area contributed by atoms with Gasteiger partial charge in [0.05, 0.1) is 13.2 Å². The lowest BCUT2D eigenvalue weighted by Crippen LogP contribution is -2.36. The zero-order valence-corrected chi connectivity index (χ0v) is 7.12. The second-order valence-corrected chi connectivity index (χ2v) is 2.90. The fourth-order valence-electron chi connectivity index (χ4n) is 1.29. The summed E-state index contributed by atoms with van der Waals surface area (Å²) in [5, 5.41) is 3.93. The van der Waals surface area contributed by atoms with Gasteiger partial charge in [-0.2, -0.15) is 0 Å². The Morgan fingerprint density at radius 2 is 2.17 bits per heavy atom. The van der Waals surface area contributed by atoms with Gasteiger partial charge in [-0.25, -0.2) is 0 Å². The van der Waals surface area contributed by atoms with Crippen molar-refractivity contribution in [2.24, 2.45) is 0 Å². The minimum Gasteiger partial charge on any atom is -0.378 e. The standard InChI is InChI=1S/C8H12N2O2/c1-7-6-8(9-12-7)10-2-4-11-5-3-10/h6H,2-5H2,1H3. The highest BCUT2D eigenvalue weighted by Crippen LogP contribution is 2.14.